The molecular weight excluding hydrogens is 144 g/mol. The van der Waals surface area contributed by atoms with E-state index in [0.29, 0.717) is 11.5 Å². The molecular formula is C7H16N2O2. The number of rotatable bonds is 3. The van der Waals surface area contributed by atoms with E-state index in [1.165, 1.54) is 6.92 Å². The summed E-state index contributed by atoms with van der Waals surface area (Å²) >= 11 is 0. The maximum atomic E-state index is 10.7. The van der Waals surface area contributed by atoms with Gasteiger partial charge in [-0.15, -0.1) is 0 Å². The Hall–Kier alpha value is -0.610. The summed E-state index contributed by atoms with van der Waals surface area (Å²) in [5, 5.41) is 9.72. The van der Waals surface area contributed by atoms with Crippen molar-refractivity contribution in [2.75, 3.05) is 0 Å². The predicted molar refractivity (Wildman–Crippen MR) is 41.8 cm³/mol. The Kier molecular flexibility index (Phi) is 3.48. The zero-order chi connectivity index (χ0) is 9.07. The SMILES string of the molecule is CCCC(C)(N)N(O)C(C)=O. The summed E-state index contributed by atoms with van der Waals surface area (Å²) in [7, 11) is 0. The Balaban J connectivity index is 4.16. The molecule has 0 radical (unpaired) electrons. The average Bonchev–Trinajstić information content (AvgIpc) is 1.86. The second kappa shape index (κ2) is 3.69. The van der Waals surface area contributed by atoms with Crippen LogP contribution in [-0.2, 0) is 4.79 Å². The van der Waals surface area contributed by atoms with E-state index in [2.05, 4.69) is 0 Å². The minimum Gasteiger partial charge on any atom is -0.307 e. The van der Waals surface area contributed by atoms with Crippen molar-refractivity contribution in [1.29, 1.82) is 0 Å². The average molecular weight is 160 g/mol. The van der Waals surface area contributed by atoms with Crippen LogP contribution < -0.4 is 5.73 Å². The molecule has 0 fully saturated rings. The Morgan fingerprint density at radius 3 is 2.45 bits per heavy atom. The number of nitrogens with zero attached hydrogens (tertiary/aromatic N) is 1. The second-order valence-corrected chi connectivity index (χ2v) is 2.94. The van der Waals surface area contributed by atoms with Gasteiger partial charge in [-0.3, -0.25) is 10.0 Å². The highest BCUT2D eigenvalue weighted by molar-refractivity contribution is 5.72. The Labute approximate surface area is 66.9 Å². The van der Waals surface area contributed by atoms with Crippen molar-refractivity contribution < 1.29 is 10.0 Å². The zero-order valence-electron chi connectivity index (χ0n) is 7.29. The van der Waals surface area contributed by atoms with E-state index in [1.807, 2.05) is 6.92 Å². The van der Waals surface area contributed by atoms with Crippen molar-refractivity contribution in [2.24, 2.45) is 5.73 Å². The van der Waals surface area contributed by atoms with Crippen LogP contribution >= 0.6 is 0 Å². The predicted octanol–water partition coefficient (Wildman–Crippen LogP) is 0.699. The molecule has 0 rings (SSSR count). The van der Waals surface area contributed by atoms with E-state index in [9.17, 15) is 4.79 Å². The monoisotopic (exact) mass is 160 g/mol. The molecule has 4 nitrogen and oxygen atoms in total. The first-order chi connectivity index (χ1) is 4.91. The van der Waals surface area contributed by atoms with Crippen LogP contribution in [0.4, 0.5) is 0 Å². The smallest absolute Gasteiger partial charge is 0.244 e. The van der Waals surface area contributed by atoms with Crippen LogP contribution in [0.25, 0.3) is 0 Å². The molecule has 0 heterocycles. The van der Waals surface area contributed by atoms with Crippen LogP contribution in [0.2, 0.25) is 0 Å². The van der Waals surface area contributed by atoms with Gasteiger partial charge in [0.25, 0.3) is 0 Å². The third-order valence-corrected chi connectivity index (χ3v) is 1.54. The number of carbonyl (C=O) groups is 1. The standard InChI is InChI=1S/C7H16N2O2/c1-4-5-7(3,8)9(11)6(2)10/h11H,4-5,8H2,1-3H3. The Morgan fingerprint density at radius 2 is 2.18 bits per heavy atom. The van der Waals surface area contributed by atoms with Crippen LogP contribution in [0.15, 0.2) is 0 Å². The fourth-order valence-electron chi connectivity index (χ4n) is 0.972. The summed E-state index contributed by atoms with van der Waals surface area (Å²) in [6, 6.07) is 0. The van der Waals surface area contributed by atoms with Gasteiger partial charge in [-0.25, -0.2) is 5.06 Å². The lowest BCUT2D eigenvalue weighted by atomic mass is 10.1. The van der Waals surface area contributed by atoms with Crippen molar-refractivity contribution in [3.05, 3.63) is 0 Å². The summed E-state index contributed by atoms with van der Waals surface area (Å²) in [5.74, 6) is -0.427. The van der Waals surface area contributed by atoms with Crippen LogP contribution in [0, 0.1) is 0 Å². The van der Waals surface area contributed by atoms with Gasteiger partial charge in [0, 0.05) is 6.92 Å². The molecule has 0 saturated heterocycles. The van der Waals surface area contributed by atoms with E-state index in [-0.39, 0.29) is 0 Å². The van der Waals surface area contributed by atoms with Gasteiger partial charge < -0.3 is 5.73 Å². The molecule has 0 aromatic carbocycles. The zero-order valence-corrected chi connectivity index (χ0v) is 7.29. The van der Waals surface area contributed by atoms with Gasteiger partial charge >= 0.3 is 0 Å². The summed E-state index contributed by atoms with van der Waals surface area (Å²) in [6.45, 7) is 4.84. The highest BCUT2D eigenvalue weighted by Gasteiger charge is 2.26. The summed E-state index contributed by atoms with van der Waals surface area (Å²) in [5.41, 5.74) is 4.70. The van der Waals surface area contributed by atoms with Gasteiger partial charge in [-0.2, -0.15) is 0 Å². The van der Waals surface area contributed by atoms with Crippen LogP contribution in [0.5, 0.6) is 0 Å². The minimum absolute atomic E-state index is 0.427. The number of carbonyl (C=O) groups excluding carboxylic acids is 1. The topological polar surface area (TPSA) is 66.6 Å². The van der Waals surface area contributed by atoms with Gasteiger partial charge in [0.2, 0.25) is 5.91 Å². The molecule has 0 saturated carbocycles. The summed E-state index contributed by atoms with van der Waals surface area (Å²) in [4.78, 5) is 10.7. The molecule has 0 aromatic heterocycles. The molecule has 1 atom stereocenters. The molecule has 11 heavy (non-hydrogen) atoms. The fraction of sp³-hybridized carbons (Fsp3) is 0.857. The number of amides is 1. The number of hydroxylamine groups is 2. The van der Waals surface area contributed by atoms with Crippen molar-refractivity contribution in [2.45, 2.75) is 39.3 Å². The molecule has 66 valence electrons. The molecule has 1 amide bonds. The van der Waals surface area contributed by atoms with Crippen molar-refractivity contribution in [1.82, 2.24) is 5.06 Å². The van der Waals surface area contributed by atoms with Gasteiger partial charge in [-0.05, 0) is 13.3 Å². The Morgan fingerprint density at radius 1 is 1.73 bits per heavy atom. The maximum Gasteiger partial charge on any atom is 0.244 e. The second-order valence-electron chi connectivity index (χ2n) is 2.94. The lowest BCUT2D eigenvalue weighted by Gasteiger charge is -2.31. The molecule has 0 aliphatic carbocycles. The maximum absolute atomic E-state index is 10.7. The van der Waals surface area contributed by atoms with Crippen molar-refractivity contribution in [3.63, 3.8) is 0 Å². The summed E-state index contributed by atoms with van der Waals surface area (Å²) < 4.78 is 0. The summed E-state index contributed by atoms with van der Waals surface area (Å²) in [6.07, 6.45) is 1.42. The van der Waals surface area contributed by atoms with E-state index < -0.39 is 11.6 Å². The first-order valence-electron chi connectivity index (χ1n) is 3.70. The number of hydrogen-bond donors (Lipinski definition) is 2. The molecule has 4 heteroatoms. The molecule has 0 bridgehead atoms. The minimum atomic E-state index is -0.930. The number of nitrogens with two attached hydrogens (primary N) is 1. The first-order valence-corrected chi connectivity index (χ1v) is 3.70. The van der Waals surface area contributed by atoms with Crippen LogP contribution in [0.3, 0.4) is 0 Å². The van der Waals surface area contributed by atoms with Gasteiger partial charge in [-0.1, -0.05) is 13.3 Å². The quantitative estimate of drug-likeness (QED) is 0.363. The van der Waals surface area contributed by atoms with Crippen LogP contribution in [0.1, 0.15) is 33.6 Å². The van der Waals surface area contributed by atoms with Crippen LogP contribution in [-0.4, -0.2) is 21.8 Å². The molecule has 0 aliphatic heterocycles. The normalized spacial score (nSPS) is 15.7. The highest BCUT2D eigenvalue weighted by atomic mass is 16.5. The lowest BCUT2D eigenvalue weighted by molar-refractivity contribution is -0.190. The van der Waals surface area contributed by atoms with Gasteiger partial charge in [0.05, 0.1) is 0 Å². The van der Waals surface area contributed by atoms with Gasteiger partial charge in [0.1, 0.15) is 5.66 Å². The van der Waals surface area contributed by atoms with E-state index in [0.717, 1.165) is 6.42 Å². The third kappa shape index (κ3) is 2.86. The number of hydrogen-bond acceptors (Lipinski definition) is 3. The lowest BCUT2D eigenvalue weighted by Crippen LogP contribution is -2.53. The van der Waals surface area contributed by atoms with E-state index >= 15 is 0 Å². The van der Waals surface area contributed by atoms with E-state index in [1.54, 1.807) is 6.92 Å². The fourth-order valence-corrected chi connectivity index (χ4v) is 0.972. The molecule has 1 unspecified atom stereocenters. The van der Waals surface area contributed by atoms with Gasteiger partial charge in [0.15, 0.2) is 0 Å². The highest BCUT2D eigenvalue weighted by Crippen LogP contribution is 2.12. The molecule has 0 aliphatic rings. The van der Waals surface area contributed by atoms with Crippen molar-refractivity contribution in [3.8, 4) is 0 Å². The van der Waals surface area contributed by atoms with Crippen molar-refractivity contribution >= 4 is 5.91 Å². The molecule has 0 aromatic rings. The van der Waals surface area contributed by atoms with E-state index in [4.69, 9.17) is 10.9 Å². The first kappa shape index (κ1) is 10.4. The largest absolute Gasteiger partial charge is 0.307 e. The molecule has 3 N–H and O–H groups in total. The molecule has 0 spiro atoms. The Bertz CT molecular complexity index is 145. The third-order valence-electron chi connectivity index (χ3n) is 1.54.